The van der Waals surface area contributed by atoms with Gasteiger partial charge in [0.25, 0.3) is 0 Å². The number of allylic oxidation sites excluding steroid dienone is 1. The van der Waals surface area contributed by atoms with Gasteiger partial charge in [0, 0.05) is 5.02 Å². The first-order valence-electron chi connectivity index (χ1n) is 10.8. The van der Waals surface area contributed by atoms with Crippen molar-refractivity contribution in [3.63, 3.8) is 0 Å². The summed E-state index contributed by atoms with van der Waals surface area (Å²) in [6.07, 6.45) is 1.81. The van der Waals surface area contributed by atoms with Crippen LogP contribution in [0.4, 0.5) is 0 Å². The quantitative estimate of drug-likeness (QED) is 0.181. The summed E-state index contributed by atoms with van der Waals surface area (Å²) in [6.45, 7) is 6.93. The Labute approximate surface area is 217 Å². The van der Waals surface area contributed by atoms with Gasteiger partial charge in [-0.25, -0.2) is 4.98 Å². The lowest BCUT2D eigenvalue weighted by Crippen LogP contribution is -2.02. The number of aromatic amines is 1. The van der Waals surface area contributed by atoms with Crippen molar-refractivity contribution >= 4 is 56.9 Å². The number of halogens is 2. The molecule has 4 rings (SSSR count). The van der Waals surface area contributed by atoms with Gasteiger partial charge in [0.05, 0.1) is 26.8 Å². The number of aryl methyl sites for hydroxylation is 2. The molecule has 0 aliphatic carbocycles. The number of hydrogen-bond donors (Lipinski definition) is 1. The van der Waals surface area contributed by atoms with E-state index < -0.39 is 0 Å². The van der Waals surface area contributed by atoms with Gasteiger partial charge in [0.2, 0.25) is 0 Å². The number of hydrogen-bond acceptors (Lipinski definition) is 4. The second kappa shape index (κ2) is 10.5. The Balaban J connectivity index is 1.66. The highest BCUT2D eigenvalue weighted by molar-refractivity contribution is 14.1. The highest BCUT2D eigenvalue weighted by Crippen LogP contribution is 2.36. The number of nitrogens with one attached hydrogen (secondary N) is 1. The minimum atomic E-state index is 0.393. The van der Waals surface area contributed by atoms with E-state index in [0.717, 1.165) is 31.3 Å². The molecule has 0 aliphatic heterocycles. The van der Waals surface area contributed by atoms with Crippen molar-refractivity contribution < 1.29 is 9.47 Å². The van der Waals surface area contributed by atoms with E-state index in [1.807, 2.05) is 55.5 Å². The molecule has 172 valence electrons. The number of rotatable bonds is 7. The molecule has 34 heavy (non-hydrogen) atoms. The van der Waals surface area contributed by atoms with Crippen LogP contribution in [0.2, 0.25) is 5.02 Å². The van der Waals surface area contributed by atoms with Crippen molar-refractivity contribution in [3.05, 3.63) is 85.2 Å². The van der Waals surface area contributed by atoms with Gasteiger partial charge in [0.15, 0.2) is 11.5 Å². The Morgan fingerprint density at radius 2 is 1.85 bits per heavy atom. The molecule has 0 aliphatic rings. The van der Waals surface area contributed by atoms with Gasteiger partial charge in [0.1, 0.15) is 18.5 Å². The Morgan fingerprint density at radius 3 is 2.56 bits per heavy atom. The summed E-state index contributed by atoms with van der Waals surface area (Å²) < 4.78 is 12.9. The molecule has 1 heterocycles. The Hall–Kier alpha value is -3.02. The van der Waals surface area contributed by atoms with Crippen LogP contribution in [-0.2, 0) is 6.61 Å². The second-order valence-electron chi connectivity index (χ2n) is 7.89. The molecule has 1 N–H and O–H groups in total. The first kappa shape index (κ1) is 24.1. The van der Waals surface area contributed by atoms with Crippen LogP contribution in [0.3, 0.4) is 0 Å². The van der Waals surface area contributed by atoms with Gasteiger partial charge in [-0.15, -0.1) is 0 Å². The summed E-state index contributed by atoms with van der Waals surface area (Å²) in [5, 5.41) is 10.5. The fourth-order valence-corrected chi connectivity index (χ4v) is 4.43. The van der Waals surface area contributed by atoms with Crippen molar-refractivity contribution in [2.75, 3.05) is 6.61 Å². The van der Waals surface area contributed by atoms with Crippen LogP contribution in [0.15, 0.2) is 48.5 Å². The third-order valence-corrected chi connectivity index (χ3v) is 6.47. The number of aromatic nitrogens is 2. The van der Waals surface area contributed by atoms with Crippen molar-refractivity contribution in [1.29, 1.82) is 5.26 Å². The number of nitrogens with zero attached hydrogens (tertiary/aromatic N) is 2. The summed E-state index contributed by atoms with van der Waals surface area (Å²) in [5.74, 6) is 1.84. The third kappa shape index (κ3) is 5.37. The molecule has 4 aromatic rings. The van der Waals surface area contributed by atoms with E-state index in [0.29, 0.717) is 41.1 Å². The minimum absolute atomic E-state index is 0.393. The molecule has 0 fully saturated rings. The van der Waals surface area contributed by atoms with Gasteiger partial charge in [-0.1, -0.05) is 23.7 Å². The zero-order chi connectivity index (χ0) is 24.2. The summed E-state index contributed by atoms with van der Waals surface area (Å²) in [4.78, 5) is 7.91. The summed E-state index contributed by atoms with van der Waals surface area (Å²) in [6, 6.07) is 17.8. The molecular weight excluding hydrogens is 561 g/mol. The minimum Gasteiger partial charge on any atom is -0.490 e. The standard InChI is InChI=1S/C27H23ClIN3O2/c1-4-33-25-13-19(12-22(29)26(25)34-15-18-5-7-21(28)8-6-18)11-20(14-30)27-31-23-9-16(2)17(3)10-24(23)32-27/h5-13H,4,15H2,1-3H3,(H,31,32)/b20-11+. The molecule has 5 nitrogen and oxygen atoms in total. The maximum Gasteiger partial charge on any atom is 0.175 e. The van der Waals surface area contributed by atoms with Gasteiger partial charge in [-0.3, -0.25) is 0 Å². The van der Waals surface area contributed by atoms with E-state index in [2.05, 4.69) is 58.5 Å². The van der Waals surface area contributed by atoms with Crippen molar-refractivity contribution in [3.8, 4) is 17.6 Å². The van der Waals surface area contributed by atoms with E-state index in [1.165, 1.54) is 5.56 Å². The smallest absolute Gasteiger partial charge is 0.175 e. The van der Waals surface area contributed by atoms with Crippen LogP contribution >= 0.6 is 34.2 Å². The van der Waals surface area contributed by atoms with Crippen LogP contribution in [0.25, 0.3) is 22.7 Å². The largest absolute Gasteiger partial charge is 0.490 e. The molecule has 0 saturated heterocycles. The number of nitriles is 1. The molecule has 0 amide bonds. The molecule has 0 atom stereocenters. The van der Waals surface area contributed by atoms with Crippen LogP contribution in [0.5, 0.6) is 11.5 Å². The van der Waals surface area contributed by atoms with Gasteiger partial charge in [-0.2, -0.15) is 5.26 Å². The molecule has 0 saturated carbocycles. The molecule has 0 unspecified atom stereocenters. The number of H-pyrrole nitrogens is 1. The monoisotopic (exact) mass is 583 g/mol. The van der Waals surface area contributed by atoms with E-state index in [9.17, 15) is 5.26 Å². The van der Waals surface area contributed by atoms with Crippen LogP contribution in [-0.4, -0.2) is 16.6 Å². The zero-order valence-corrected chi connectivity index (χ0v) is 22.0. The Morgan fingerprint density at radius 1 is 1.12 bits per heavy atom. The van der Waals surface area contributed by atoms with E-state index in [1.54, 1.807) is 0 Å². The number of benzene rings is 3. The fourth-order valence-electron chi connectivity index (χ4n) is 3.53. The lowest BCUT2D eigenvalue weighted by atomic mass is 10.1. The van der Waals surface area contributed by atoms with Crippen molar-refractivity contribution in [1.82, 2.24) is 9.97 Å². The predicted molar refractivity (Wildman–Crippen MR) is 145 cm³/mol. The summed E-state index contributed by atoms with van der Waals surface area (Å²) >= 11 is 8.21. The van der Waals surface area contributed by atoms with E-state index >= 15 is 0 Å². The predicted octanol–water partition coefficient (Wildman–Crippen LogP) is 7.48. The lowest BCUT2D eigenvalue weighted by molar-refractivity contribution is 0.267. The fraction of sp³-hybridized carbons (Fsp3) is 0.185. The first-order valence-corrected chi connectivity index (χ1v) is 12.3. The SMILES string of the molecule is CCOc1cc(/C=C(\C#N)c2nc3cc(C)c(C)cc3[nH]2)cc(I)c1OCc1ccc(Cl)cc1. The molecule has 0 radical (unpaired) electrons. The first-order chi connectivity index (χ1) is 16.4. The molecule has 0 bridgehead atoms. The number of imidazole rings is 1. The van der Waals surface area contributed by atoms with Gasteiger partial charge in [-0.05, 0) is 108 Å². The molecule has 3 aromatic carbocycles. The summed E-state index contributed by atoms with van der Waals surface area (Å²) in [7, 11) is 0. The normalized spacial score (nSPS) is 11.5. The zero-order valence-electron chi connectivity index (χ0n) is 19.1. The van der Waals surface area contributed by atoms with Crippen LogP contribution in [0, 0.1) is 28.7 Å². The average molecular weight is 584 g/mol. The van der Waals surface area contributed by atoms with E-state index in [-0.39, 0.29) is 0 Å². The third-order valence-electron chi connectivity index (χ3n) is 5.41. The van der Waals surface area contributed by atoms with Gasteiger partial charge >= 0.3 is 0 Å². The lowest BCUT2D eigenvalue weighted by Gasteiger charge is -2.15. The molecule has 1 aromatic heterocycles. The van der Waals surface area contributed by atoms with E-state index in [4.69, 9.17) is 21.1 Å². The van der Waals surface area contributed by atoms with Gasteiger partial charge < -0.3 is 14.5 Å². The molecule has 0 spiro atoms. The van der Waals surface area contributed by atoms with Crippen LogP contribution < -0.4 is 9.47 Å². The van der Waals surface area contributed by atoms with Crippen molar-refractivity contribution in [2.24, 2.45) is 0 Å². The number of fused-ring (bicyclic) bond motifs is 1. The van der Waals surface area contributed by atoms with Crippen molar-refractivity contribution in [2.45, 2.75) is 27.4 Å². The average Bonchev–Trinajstić information content (AvgIpc) is 3.21. The topological polar surface area (TPSA) is 70.9 Å². The maximum atomic E-state index is 9.86. The Bertz CT molecular complexity index is 1380. The highest BCUT2D eigenvalue weighted by atomic mass is 127. The maximum absolute atomic E-state index is 9.86. The highest BCUT2D eigenvalue weighted by Gasteiger charge is 2.14. The number of ether oxygens (including phenoxy) is 2. The molecule has 7 heteroatoms. The second-order valence-corrected chi connectivity index (χ2v) is 9.49. The van der Waals surface area contributed by atoms with Crippen LogP contribution in [0.1, 0.15) is 35.0 Å². The Kier molecular flexibility index (Phi) is 7.44. The summed E-state index contributed by atoms with van der Waals surface area (Å²) in [5.41, 5.74) is 6.38. The molecular formula is C27H23ClIN3O2.